The third-order valence-corrected chi connectivity index (χ3v) is 2.87. The van der Waals surface area contributed by atoms with E-state index in [-0.39, 0.29) is 0 Å². The SMILES string of the molecule is NC(=O)NCCCCCCCCCCCC(=O)O. The van der Waals surface area contributed by atoms with Crippen LogP contribution in [0.4, 0.5) is 4.79 Å². The van der Waals surface area contributed by atoms with E-state index in [1.165, 1.54) is 25.7 Å². The van der Waals surface area contributed by atoms with Crippen LogP contribution in [0.3, 0.4) is 0 Å². The highest BCUT2D eigenvalue weighted by molar-refractivity contribution is 5.71. The molecule has 2 amide bonds. The Morgan fingerprint density at radius 3 is 1.72 bits per heavy atom. The Kier molecular flexibility index (Phi) is 11.3. The van der Waals surface area contributed by atoms with Gasteiger partial charge in [0.15, 0.2) is 0 Å². The van der Waals surface area contributed by atoms with Crippen LogP contribution in [0.2, 0.25) is 0 Å². The number of carbonyl (C=O) groups is 2. The van der Waals surface area contributed by atoms with Crippen LogP contribution >= 0.6 is 0 Å². The van der Waals surface area contributed by atoms with E-state index in [0.717, 1.165) is 32.1 Å². The topological polar surface area (TPSA) is 92.4 Å². The molecule has 4 N–H and O–H groups in total. The number of hydrogen-bond acceptors (Lipinski definition) is 2. The molecule has 0 rings (SSSR count). The Hall–Kier alpha value is -1.26. The predicted molar refractivity (Wildman–Crippen MR) is 71.4 cm³/mol. The first-order chi connectivity index (χ1) is 8.63. The minimum absolute atomic E-state index is 0.298. The molecule has 0 aromatic carbocycles. The second-order valence-corrected chi connectivity index (χ2v) is 4.62. The third kappa shape index (κ3) is 14.7. The van der Waals surface area contributed by atoms with E-state index in [9.17, 15) is 9.59 Å². The van der Waals surface area contributed by atoms with Crippen molar-refractivity contribution < 1.29 is 14.7 Å². The van der Waals surface area contributed by atoms with Crippen molar-refractivity contribution in [2.45, 2.75) is 64.2 Å². The lowest BCUT2D eigenvalue weighted by molar-refractivity contribution is -0.137. The summed E-state index contributed by atoms with van der Waals surface area (Å²) in [5.41, 5.74) is 4.94. The molecule has 18 heavy (non-hydrogen) atoms. The van der Waals surface area contributed by atoms with E-state index in [0.29, 0.717) is 13.0 Å². The Bertz CT molecular complexity index is 208. The lowest BCUT2D eigenvalue weighted by Gasteiger charge is -2.03. The van der Waals surface area contributed by atoms with Crippen molar-refractivity contribution >= 4 is 12.0 Å². The van der Waals surface area contributed by atoms with Crippen molar-refractivity contribution in [1.82, 2.24) is 5.32 Å². The van der Waals surface area contributed by atoms with Crippen molar-refractivity contribution in [2.24, 2.45) is 5.73 Å². The number of carboxylic acid groups (broad SMARTS) is 1. The summed E-state index contributed by atoms with van der Waals surface area (Å²) in [4.78, 5) is 20.6. The van der Waals surface area contributed by atoms with Crippen LogP contribution in [0.15, 0.2) is 0 Å². The van der Waals surface area contributed by atoms with E-state index < -0.39 is 12.0 Å². The standard InChI is InChI=1S/C13H26N2O3/c14-13(18)15-11-9-7-5-3-1-2-4-6-8-10-12(16)17/h1-11H2,(H,16,17)(H3,14,15,18). The molecule has 0 saturated carbocycles. The average Bonchev–Trinajstić information content (AvgIpc) is 2.29. The summed E-state index contributed by atoms with van der Waals surface area (Å²) in [6.07, 6.45) is 10.2. The number of hydrogen-bond donors (Lipinski definition) is 3. The third-order valence-electron chi connectivity index (χ3n) is 2.87. The highest BCUT2D eigenvalue weighted by atomic mass is 16.4. The van der Waals surface area contributed by atoms with E-state index in [1.807, 2.05) is 0 Å². The fraction of sp³-hybridized carbons (Fsp3) is 0.846. The van der Waals surface area contributed by atoms with Gasteiger partial charge in [-0.1, -0.05) is 44.9 Å². The van der Waals surface area contributed by atoms with Crippen molar-refractivity contribution in [3.05, 3.63) is 0 Å². The van der Waals surface area contributed by atoms with Crippen LogP contribution in [0.25, 0.3) is 0 Å². The van der Waals surface area contributed by atoms with Gasteiger partial charge in [0.05, 0.1) is 0 Å². The molecule has 0 aromatic rings. The summed E-state index contributed by atoms with van der Waals surface area (Å²) in [5, 5.41) is 11.0. The van der Waals surface area contributed by atoms with E-state index in [4.69, 9.17) is 10.8 Å². The van der Waals surface area contributed by atoms with Gasteiger partial charge in [0.25, 0.3) is 0 Å². The molecule has 0 bridgehead atoms. The smallest absolute Gasteiger partial charge is 0.312 e. The summed E-state index contributed by atoms with van der Waals surface area (Å²) < 4.78 is 0. The largest absolute Gasteiger partial charge is 0.481 e. The van der Waals surface area contributed by atoms with Crippen LogP contribution in [0.1, 0.15) is 64.2 Å². The van der Waals surface area contributed by atoms with Crippen molar-refractivity contribution in [1.29, 1.82) is 0 Å². The normalized spacial score (nSPS) is 10.2. The zero-order valence-electron chi connectivity index (χ0n) is 11.1. The van der Waals surface area contributed by atoms with E-state index in [1.54, 1.807) is 0 Å². The molecule has 0 heterocycles. The number of carbonyl (C=O) groups excluding carboxylic acids is 1. The van der Waals surface area contributed by atoms with Gasteiger partial charge < -0.3 is 16.2 Å². The molecule has 0 aromatic heterocycles. The molecule has 0 saturated heterocycles. The lowest BCUT2D eigenvalue weighted by atomic mass is 10.1. The Morgan fingerprint density at radius 1 is 0.833 bits per heavy atom. The number of nitrogens with one attached hydrogen (secondary N) is 1. The van der Waals surface area contributed by atoms with Crippen molar-refractivity contribution in [2.75, 3.05) is 6.54 Å². The molecule has 0 atom stereocenters. The zero-order chi connectivity index (χ0) is 13.6. The first-order valence-corrected chi connectivity index (χ1v) is 6.88. The summed E-state index contributed by atoms with van der Waals surface area (Å²) in [6.45, 7) is 0.671. The quantitative estimate of drug-likeness (QED) is 0.470. The Labute approximate surface area is 109 Å². The number of nitrogens with two attached hydrogens (primary N) is 1. The number of rotatable bonds is 12. The van der Waals surface area contributed by atoms with Gasteiger partial charge in [0.1, 0.15) is 0 Å². The van der Waals surface area contributed by atoms with Crippen LogP contribution in [0.5, 0.6) is 0 Å². The molecule has 0 aliphatic carbocycles. The van der Waals surface area contributed by atoms with Crippen LogP contribution in [-0.4, -0.2) is 23.7 Å². The molecule has 0 fully saturated rings. The molecule has 106 valence electrons. The molecular formula is C13H26N2O3. The molecule has 5 heteroatoms. The summed E-state index contributed by atoms with van der Waals surface area (Å²) in [6, 6.07) is -0.448. The molecule has 0 aliphatic heterocycles. The second-order valence-electron chi connectivity index (χ2n) is 4.62. The minimum Gasteiger partial charge on any atom is -0.481 e. The van der Waals surface area contributed by atoms with Gasteiger partial charge in [-0.25, -0.2) is 4.79 Å². The number of amides is 2. The fourth-order valence-corrected chi connectivity index (χ4v) is 1.85. The maximum absolute atomic E-state index is 10.4. The van der Waals surface area contributed by atoms with E-state index in [2.05, 4.69) is 5.32 Å². The van der Waals surface area contributed by atoms with Crippen LogP contribution in [-0.2, 0) is 4.79 Å². The van der Waals surface area contributed by atoms with Crippen LogP contribution < -0.4 is 11.1 Å². The number of aliphatic carboxylic acids is 1. The molecule has 0 unspecified atom stereocenters. The lowest BCUT2D eigenvalue weighted by Crippen LogP contribution is -2.29. The molecular weight excluding hydrogens is 232 g/mol. The highest BCUT2D eigenvalue weighted by Crippen LogP contribution is 2.10. The zero-order valence-corrected chi connectivity index (χ0v) is 11.1. The van der Waals surface area contributed by atoms with Gasteiger partial charge in [0, 0.05) is 13.0 Å². The van der Waals surface area contributed by atoms with Gasteiger partial charge in [0.2, 0.25) is 0 Å². The Morgan fingerprint density at radius 2 is 1.28 bits per heavy atom. The van der Waals surface area contributed by atoms with Crippen molar-refractivity contribution in [3.8, 4) is 0 Å². The fourth-order valence-electron chi connectivity index (χ4n) is 1.85. The first kappa shape index (κ1) is 16.7. The van der Waals surface area contributed by atoms with Gasteiger partial charge in [-0.3, -0.25) is 4.79 Å². The highest BCUT2D eigenvalue weighted by Gasteiger charge is 1.97. The van der Waals surface area contributed by atoms with Gasteiger partial charge in [-0.05, 0) is 12.8 Å². The summed E-state index contributed by atoms with van der Waals surface area (Å²) in [7, 11) is 0. The average molecular weight is 258 g/mol. The van der Waals surface area contributed by atoms with Crippen molar-refractivity contribution in [3.63, 3.8) is 0 Å². The molecule has 0 aliphatic rings. The molecule has 5 nitrogen and oxygen atoms in total. The maximum atomic E-state index is 10.4. The monoisotopic (exact) mass is 258 g/mol. The number of unbranched alkanes of at least 4 members (excludes halogenated alkanes) is 8. The Balaban J connectivity index is 2.99. The first-order valence-electron chi connectivity index (χ1n) is 6.88. The number of carboxylic acids is 1. The minimum atomic E-state index is -0.695. The number of urea groups is 1. The molecule has 0 spiro atoms. The summed E-state index contributed by atoms with van der Waals surface area (Å²) in [5.74, 6) is -0.695. The predicted octanol–water partition coefficient (Wildman–Crippen LogP) is 2.64. The number of primary amides is 1. The maximum Gasteiger partial charge on any atom is 0.312 e. The van der Waals surface area contributed by atoms with Crippen LogP contribution in [0, 0.1) is 0 Å². The summed E-state index contributed by atoms with van der Waals surface area (Å²) >= 11 is 0. The van der Waals surface area contributed by atoms with Gasteiger partial charge >= 0.3 is 12.0 Å². The van der Waals surface area contributed by atoms with Gasteiger partial charge in [-0.2, -0.15) is 0 Å². The van der Waals surface area contributed by atoms with Gasteiger partial charge in [-0.15, -0.1) is 0 Å². The van der Waals surface area contributed by atoms with E-state index >= 15 is 0 Å². The molecule has 0 radical (unpaired) electrons. The second kappa shape index (κ2) is 12.2.